The maximum absolute atomic E-state index is 11.6. The summed E-state index contributed by atoms with van der Waals surface area (Å²) in [7, 11) is 0. The molecule has 0 spiro atoms. The summed E-state index contributed by atoms with van der Waals surface area (Å²) in [6, 6.07) is 7.70. The van der Waals surface area contributed by atoms with Crippen molar-refractivity contribution in [1.82, 2.24) is 10.6 Å². The van der Waals surface area contributed by atoms with Crippen molar-refractivity contribution in [1.29, 1.82) is 0 Å². The molecule has 1 aromatic carbocycles. The first-order valence-electron chi connectivity index (χ1n) is 7.13. The van der Waals surface area contributed by atoms with Crippen LogP contribution in [-0.2, 0) is 25.7 Å². The molecule has 5 N–H and O–H groups in total. The summed E-state index contributed by atoms with van der Waals surface area (Å²) in [5, 5.41) is 13.3. The van der Waals surface area contributed by atoms with Crippen LogP contribution in [0.5, 0.6) is 0 Å². The number of carboxylic acid groups (broad SMARTS) is 1. The van der Waals surface area contributed by atoms with Gasteiger partial charge in [-0.15, -0.1) is 0 Å². The van der Waals surface area contributed by atoms with E-state index < -0.39 is 36.5 Å². The van der Waals surface area contributed by atoms with Crippen LogP contribution in [0.1, 0.15) is 18.4 Å². The highest BCUT2D eigenvalue weighted by Crippen LogP contribution is 2.00. The lowest BCUT2D eigenvalue weighted by atomic mass is 10.1. The Hall–Kier alpha value is -3.10. The van der Waals surface area contributed by atoms with Crippen LogP contribution < -0.4 is 16.4 Å². The average Bonchev–Trinajstić information content (AvgIpc) is 2.55. The minimum absolute atomic E-state index is 0.0463. The molecule has 0 radical (unpaired) electrons. The lowest BCUT2D eigenvalue weighted by Crippen LogP contribution is -2.45. The summed E-state index contributed by atoms with van der Waals surface area (Å²) in [5.74, 6) is -2.68. The summed E-state index contributed by atoms with van der Waals surface area (Å²) in [6.07, 6.45) is -1.11. The van der Waals surface area contributed by atoms with Crippen LogP contribution in [0.25, 0.3) is 0 Å². The Morgan fingerprint density at radius 2 is 1.83 bits per heavy atom. The van der Waals surface area contributed by atoms with Gasteiger partial charge in [0, 0.05) is 6.42 Å². The molecule has 0 heterocycles. The van der Waals surface area contributed by atoms with Crippen LogP contribution in [0.15, 0.2) is 30.3 Å². The maximum atomic E-state index is 11.6. The largest absolute Gasteiger partial charge is 0.480 e. The highest BCUT2D eigenvalue weighted by atomic mass is 16.5. The van der Waals surface area contributed by atoms with Crippen molar-refractivity contribution in [3.63, 3.8) is 0 Å². The summed E-state index contributed by atoms with van der Waals surface area (Å²) in [4.78, 5) is 44.7. The Morgan fingerprint density at radius 3 is 2.42 bits per heavy atom. The van der Waals surface area contributed by atoms with E-state index >= 15 is 0 Å². The molecule has 3 amide bonds. The minimum atomic E-state index is -1.30. The molecule has 130 valence electrons. The molecule has 0 aliphatic rings. The third-order valence-electron chi connectivity index (χ3n) is 2.92. The predicted molar refractivity (Wildman–Crippen MR) is 82.6 cm³/mol. The molecule has 0 bridgehead atoms. The second-order valence-electron chi connectivity index (χ2n) is 4.88. The quantitative estimate of drug-likeness (QED) is 0.488. The third-order valence-corrected chi connectivity index (χ3v) is 2.92. The number of alkyl carbamates (subject to hydrolysis) is 1. The number of nitrogens with two attached hydrogens (primary N) is 1. The molecule has 0 saturated carbocycles. The lowest BCUT2D eigenvalue weighted by molar-refractivity contribution is -0.142. The highest BCUT2D eigenvalue weighted by Gasteiger charge is 2.20. The van der Waals surface area contributed by atoms with Gasteiger partial charge in [0.25, 0.3) is 0 Å². The van der Waals surface area contributed by atoms with Crippen molar-refractivity contribution < 1.29 is 29.0 Å². The number of carboxylic acids is 1. The predicted octanol–water partition coefficient (Wildman–Crippen LogP) is -0.252. The van der Waals surface area contributed by atoms with E-state index in [2.05, 4.69) is 10.6 Å². The topological polar surface area (TPSA) is 148 Å². The van der Waals surface area contributed by atoms with E-state index in [0.717, 1.165) is 5.56 Å². The van der Waals surface area contributed by atoms with Crippen molar-refractivity contribution >= 4 is 23.9 Å². The van der Waals surface area contributed by atoms with Crippen LogP contribution in [0.2, 0.25) is 0 Å². The number of nitrogens with one attached hydrogen (secondary N) is 2. The van der Waals surface area contributed by atoms with Gasteiger partial charge in [-0.25, -0.2) is 9.59 Å². The van der Waals surface area contributed by atoms with Crippen LogP contribution >= 0.6 is 0 Å². The number of carbonyl (C=O) groups is 4. The Balaban J connectivity index is 2.31. The molecule has 0 aliphatic carbocycles. The fourth-order valence-corrected chi connectivity index (χ4v) is 1.72. The van der Waals surface area contributed by atoms with E-state index in [1.165, 1.54) is 0 Å². The second kappa shape index (κ2) is 9.82. The third kappa shape index (κ3) is 7.78. The molecule has 0 fully saturated rings. The molecule has 24 heavy (non-hydrogen) atoms. The Morgan fingerprint density at radius 1 is 1.17 bits per heavy atom. The van der Waals surface area contributed by atoms with Gasteiger partial charge in [0.05, 0.1) is 0 Å². The van der Waals surface area contributed by atoms with Gasteiger partial charge in [-0.3, -0.25) is 9.59 Å². The Labute approximate surface area is 138 Å². The van der Waals surface area contributed by atoms with Gasteiger partial charge < -0.3 is 26.2 Å². The number of primary amides is 1. The van der Waals surface area contributed by atoms with Crippen LogP contribution in [0.4, 0.5) is 4.79 Å². The molecular formula is C15H19N3O6. The number of hydrogen-bond donors (Lipinski definition) is 4. The smallest absolute Gasteiger partial charge is 0.407 e. The van der Waals surface area contributed by atoms with Gasteiger partial charge in [0.1, 0.15) is 19.2 Å². The number of amides is 3. The molecule has 9 heteroatoms. The van der Waals surface area contributed by atoms with Crippen LogP contribution in [-0.4, -0.2) is 41.6 Å². The van der Waals surface area contributed by atoms with Gasteiger partial charge in [-0.2, -0.15) is 0 Å². The van der Waals surface area contributed by atoms with Crippen molar-refractivity contribution in [2.24, 2.45) is 5.73 Å². The molecule has 1 rings (SSSR count). The van der Waals surface area contributed by atoms with Crippen molar-refractivity contribution in [3.8, 4) is 0 Å². The van der Waals surface area contributed by atoms with Crippen molar-refractivity contribution in [2.75, 3.05) is 6.54 Å². The zero-order chi connectivity index (χ0) is 17.9. The van der Waals surface area contributed by atoms with E-state index in [9.17, 15) is 19.2 Å². The molecule has 0 aliphatic heterocycles. The first-order chi connectivity index (χ1) is 11.4. The van der Waals surface area contributed by atoms with E-state index in [-0.39, 0.29) is 19.4 Å². The molecule has 1 aromatic rings. The molecular weight excluding hydrogens is 318 g/mol. The Bertz CT molecular complexity index is 590. The SMILES string of the molecule is NC(=O)CC[C@H](NC(=O)CNC(=O)OCc1ccccc1)C(=O)O. The summed E-state index contributed by atoms with van der Waals surface area (Å²) in [6.45, 7) is -0.404. The van der Waals surface area contributed by atoms with Gasteiger partial charge in [-0.05, 0) is 12.0 Å². The zero-order valence-electron chi connectivity index (χ0n) is 12.9. The molecule has 0 saturated heterocycles. The van der Waals surface area contributed by atoms with E-state index in [1.807, 2.05) is 6.07 Å². The van der Waals surface area contributed by atoms with Gasteiger partial charge in [0.15, 0.2) is 0 Å². The minimum Gasteiger partial charge on any atom is -0.480 e. The number of ether oxygens (including phenoxy) is 1. The summed E-state index contributed by atoms with van der Waals surface area (Å²) >= 11 is 0. The van der Waals surface area contributed by atoms with E-state index in [1.54, 1.807) is 24.3 Å². The van der Waals surface area contributed by atoms with E-state index in [4.69, 9.17) is 15.6 Å². The maximum Gasteiger partial charge on any atom is 0.407 e. The van der Waals surface area contributed by atoms with Gasteiger partial charge in [0.2, 0.25) is 11.8 Å². The molecule has 9 nitrogen and oxygen atoms in total. The number of rotatable bonds is 9. The monoisotopic (exact) mass is 337 g/mol. The lowest BCUT2D eigenvalue weighted by Gasteiger charge is -2.14. The fourth-order valence-electron chi connectivity index (χ4n) is 1.72. The molecule has 0 aromatic heterocycles. The number of benzene rings is 1. The summed E-state index contributed by atoms with van der Waals surface area (Å²) < 4.78 is 4.90. The first-order valence-corrected chi connectivity index (χ1v) is 7.13. The van der Waals surface area contributed by atoms with Gasteiger partial charge >= 0.3 is 12.1 Å². The molecule has 0 unspecified atom stereocenters. The van der Waals surface area contributed by atoms with Crippen molar-refractivity contribution in [2.45, 2.75) is 25.5 Å². The molecule has 1 atom stereocenters. The zero-order valence-corrected chi connectivity index (χ0v) is 12.9. The average molecular weight is 337 g/mol. The van der Waals surface area contributed by atoms with Crippen LogP contribution in [0, 0.1) is 0 Å². The highest BCUT2D eigenvalue weighted by molar-refractivity contribution is 5.87. The van der Waals surface area contributed by atoms with Crippen molar-refractivity contribution in [3.05, 3.63) is 35.9 Å². The second-order valence-corrected chi connectivity index (χ2v) is 4.88. The van der Waals surface area contributed by atoms with Crippen LogP contribution in [0.3, 0.4) is 0 Å². The first kappa shape index (κ1) is 18.9. The number of hydrogen-bond acceptors (Lipinski definition) is 5. The number of carbonyl (C=O) groups excluding carboxylic acids is 3. The van der Waals surface area contributed by atoms with Gasteiger partial charge in [-0.1, -0.05) is 30.3 Å². The summed E-state index contributed by atoms with van der Waals surface area (Å²) in [5.41, 5.74) is 5.72. The normalized spacial score (nSPS) is 11.2. The number of aliphatic carboxylic acids is 1. The van der Waals surface area contributed by atoms with E-state index in [0.29, 0.717) is 0 Å². The Kier molecular flexibility index (Phi) is 7.76. The standard InChI is InChI=1S/C15H19N3O6/c16-12(19)7-6-11(14(21)22)18-13(20)8-17-15(23)24-9-10-4-2-1-3-5-10/h1-5,11H,6-9H2,(H2,16,19)(H,17,23)(H,18,20)(H,21,22)/t11-/m0/s1. The fraction of sp³-hybridized carbons (Fsp3) is 0.333.